The van der Waals surface area contributed by atoms with E-state index in [9.17, 15) is 23.4 Å². The van der Waals surface area contributed by atoms with Gasteiger partial charge in [-0.15, -0.1) is 0 Å². The summed E-state index contributed by atoms with van der Waals surface area (Å²) in [5.41, 5.74) is 3.41. The minimum atomic E-state index is -3.76. The van der Waals surface area contributed by atoms with Gasteiger partial charge in [0.25, 0.3) is 0 Å². The molecule has 3 aromatic carbocycles. The van der Waals surface area contributed by atoms with Crippen molar-refractivity contribution in [3.8, 4) is 0 Å². The van der Waals surface area contributed by atoms with Crippen LogP contribution in [-0.4, -0.2) is 75.5 Å². The smallest absolute Gasteiger partial charge is 0.222 e. The molecule has 4 atom stereocenters. The van der Waals surface area contributed by atoms with Crippen LogP contribution in [0.5, 0.6) is 0 Å². The van der Waals surface area contributed by atoms with E-state index in [2.05, 4.69) is 54.6 Å². The van der Waals surface area contributed by atoms with Crippen molar-refractivity contribution in [3.05, 3.63) is 120 Å². The predicted molar refractivity (Wildman–Crippen MR) is 184 cm³/mol. The third kappa shape index (κ3) is 8.12. The van der Waals surface area contributed by atoms with E-state index in [0.29, 0.717) is 30.0 Å². The zero-order valence-corrected chi connectivity index (χ0v) is 27.7. The van der Waals surface area contributed by atoms with Crippen molar-refractivity contribution in [3.63, 3.8) is 0 Å². The summed E-state index contributed by atoms with van der Waals surface area (Å²) >= 11 is 0. The largest absolute Gasteiger partial charge is 0.388 e. The zero-order chi connectivity index (χ0) is 34.4. The van der Waals surface area contributed by atoms with Crippen LogP contribution in [0.4, 0.5) is 5.82 Å². The standard InChI is InChI=1S/C35H39N7O6S/c1-2-36-29(43)18-27-31(44)32(45)35(48-27)42-22-38-30-33(37-19-26(24-14-8-4-9-15-24)25-16-10-5-11-17-25)40-28(41-34(30)42)20-39-49(46,47)21-23-12-6-3-7-13-23/h3-17,22,26-27,31-32,35,39,44-45H,2,18-21H2,1H3,(H,36,43)(H,37,40,41)/t27-,31+,32+,35+/m0/s1. The number of sulfonamides is 1. The first-order chi connectivity index (χ1) is 23.7. The van der Waals surface area contributed by atoms with Crippen LogP contribution in [0.15, 0.2) is 97.3 Å². The maximum absolute atomic E-state index is 13.0. The third-order valence-corrected chi connectivity index (χ3v) is 9.66. The van der Waals surface area contributed by atoms with Crippen molar-refractivity contribution in [1.82, 2.24) is 29.6 Å². The lowest BCUT2D eigenvalue weighted by molar-refractivity contribution is -0.125. The fourth-order valence-corrected chi connectivity index (χ4v) is 7.03. The van der Waals surface area contributed by atoms with Crippen molar-refractivity contribution >= 4 is 32.9 Å². The summed E-state index contributed by atoms with van der Waals surface area (Å²) in [6, 6.07) is 28.9. The van der Waals surface area contributed by atoms with E-state index < -0.39 is 34.6 Å². The lowest BCUT2D eigenvalue weighted by Gasteiger charge is -2.20. The highest BCUT2D eigenvalue weighted by molar-refractivity contribution is 7.88. The van der Waals surface area contributed by atoms with Crippen LogP contribution in [-0.2, 0) is 31.9 Å². The molecule has 3 heterocycles. The molecule has 1 saturated heterocycles. The molecule has 5 N–H and O–H groups in total. The van der Waals surface area contributed by atoms with E-state index >= 15 is 0 Å². The van der Waals surface area contributed by atoms with Gasteiger partial charge in [0.05, 0.1) is 31.1 Å². The summed E-state index contributed by atoms with van der Waals surface area (Å²) in [5, 5.41) is 27.9. The third-order valence-electron chi connectivity index (χ3n) is 8.37. The number of rotatable bonds is 14. The Morgan fingerprint density at radius 1 is 0.918 bits per heavy atom. The number of nitrogens with one attached hydrogen (secondary N) is 3. The normalized spacial score (nSPS) is 19.3. The van der Waals surface area contributed by atoms with Gasteiger partial charge in [-0.25, -0.2) is 28.1 Å². The molecule has 0 unspecified atom stereocenters. The molecule has 2 aromatic heterocycles. The first-order valence-corrected chi connectivity index (χ1v) is 17.7. The van der Waals surface area contributed by atoms with Gasteiger partial charge >= 0.3 is 0 Å². The highest BCUT2D eigenvalue weighted by atomic mass is 32.2. The van der Waals surface area contributed by atoms with Gasteiger partial charge in [-0.1, -0.05) is 91.0 Å². The monoisotopic (exact) mass is 685 g/mol. The van der Waals surface area contributed by atoms with Crippen LogP contribution in [0.3, 0.4) is 0 Å². The molecule has 0 spiro atoms. The molecule has 1 aliphatic rings. The first-order valence-electron chi connectivity index (χ1n) is 16.1. The molecule has 1 fully saturated rings. The minimum absolute atomic E-state index is 0.0625. The summed E-state index contributed by atoms with van der Waals surface area (Å²) in [5.74, 6) is -0.101. The number of fused-ring (bicyclic) bond motifs is 1. The van der Waals surface area contributed by atoms with Crippen molar-refractivity contribution in [2.24, 2.45) is 0 Å². The number of ether oxygens (including phenoxy) is 1. The highest BCUT2D eigenvalue weighted by Crippen LogP contribution is 2.34. The molecule has 0 bridgehead atoms. The molecule has 49 heavy (non-hydrogen) atoms. The van der Waals surface area contributed by atoms with E-state index in [0.717, 1.165) is 11.1 Å². The van der Waals surface area contributed by atoms with Gasteiger partial charge in [0.2, 0.25) is 15.9 Å². The number of imidazole rings is 1. The molecule has 13 nitrogen and oxygen atoms in total. The number of benzene rings is 3. The van der Waals surface area contributed by atoms with Gasteiger partial charge in [0.15, 0.2) is 23.2 Å². The number of aliphatic hydroxyl groups is 2. The van der Waals surface area contributed by atoms with Gasteiger partial charge in [-0.05, 0) is 23.6 Å². The lowest BCUT2D eigenvalue weighted by Crippen LogP contribution is -2.35. The van der Waals surface area contributed by atoms with E-state index in [1.54, 1.807) is 31.2 Å². The number of hydrogen-bond donors (Lipinski definition) is 5. The Balaban J connectivity index is 1.32. The Morgan fingerprint density at radius 2 is 1.55 bits per heavy atom. The van der Waals surface area contributed by atoms with Crippen LogP contribution >= 0.6 is 0 Å². The number of aromatic nitrogens is 4. The van der Waals surface area contributed by atoms with E-state index in [4.69, 9.17) is 4.74 Å². The van der Waals surface area contributed by atoms with Gasteiger partial charge < -0.3 is 25.6 Å². The topological polar surface area (TPSA) is 181 Å². The lowest BCUT2D eigenvalue weighted by atomic mass is 9.91. The van der Waals surface area contributed by atoms with Crippen molar-refractivity contribution in [2.75, 3.05) is 18.4 Å². The second kappa shape index (κ2) is 15.2. The van der Waals surface area contributed by atoms with Crippen molar-refractivity contribution in [2.45, 2.75) is 56.1 Å². The number of nitrogens with zero attached hydrogens (tertiary/aromatic N) is 4. The summed E-state index contributed by atoms with van der Waals surface area (Å²) in [6.45, 7) is 2.40. The molecule has 6 rings (SSSR count). The van der Waals surface area contributed by atoms with Crippen molar-refractivity contribution in [1.29, 1.82) is 0 Å². The fraction of sp³-hybridized carbons (Fsp3) is 0.314. The van der Waals surface area contributed by atoms with Gasteiger partial charge in [0, 0.05) is 19.0 Å². The number of amides is 1. The molecular weight excluding hydrogens is 646 g/mol. The Bertz CT molecular complexity index is 1920. The SMILES string of the molecule is CCNC(=O)C[C@@H]1O[C@@H](n2cnc3c(NCC(c4ccccc4)c4ccccc4)nc(CNS(=O)(=O)Cc4ccccc4)nc32)[C@H](O)[C@@H]1O. The number of carbonyl (C=O) groups is 1. The molecule has 1 aliphatic heterocycles. The summed E-state index contributed by atoms with van der Waals surface area (Å²) in [4.78, 5) is 26.1. The maximum Gasteiger partial charge on any atom is 0.222 e. The Kier molecular flexibility index (Phi) is 10.6. The number of hydrogen-bond acceptors (Lipinski definition) is 10. The van der Waals surface area contributed by atoms with E-state index in [-0.39, 0.29) is 42.0 Å². The molecule has 5 aromatic rings. The van der Waals surface area contributed by atoms with Crippen LogP contribution in [0.2, 0.25) is 0 Å². The maximum atomic E-state index is 13.0. The van der Waals surface area contributed by atoms with Crippen LogP contribution in [0.1, 0.15) is 48.0 Å². The Hall–Kier alpha value is -4.73. The number of anilines is 1. The Labute approximate surface area is 284 Å². The first kappa shape index (κ1) is 34.1. The van der Waals surface area contributed by atoms with E-state index in [1.807, 2.05) is 42.5 Å². The highest BCUT2D eigenvalue weighted by Gasteiger charge is 2.45. The average molecular weight is 686 g/mol. The molecular formula is C35H39N7O6S. The van der Waals surface area contributed by atoms with Gasteiger partial charge in [-0.3, -0.25) is 9.36 Å². The second-order valence-electron chi connectivity index (χ2n) is 11.8. The quantitative estimate of drug-likeness (QED) is 0.117. The number of carbonyl (C=O) groups excluding carboxylic acids is 1. The molecule has 256 valence electrons. The van der Waals surface area contributed by atoms with Gasteiger partial charge in [-0.2, -0.15) is 0 Å². The van der Waals surface area contributed by atoms with E-state index in [1.165, 1.54) is 10.9 Å². The zero-order valence-electron chi connectivity index (χ0n) is 26.9. The summed E-state index contributed by atoms with van der Waals surface area (Å²) < 4.78 is 36.1. The summed E-state index contributed by atoms with van der Waals surface area (Å²) in [6.07, 6.45) is -3.54. The second-order valence-corrected chi connectivity index (χ2v) is 13.6. The predicted octanol–water partition coefficient (Wildman–Crippen LogP) is 2.84. The van der Waals surface area contributed by atoms with Crippen LogP contribution < -0.4 is 15.4 Å². The molecule has 0 aliphatic carbocycles. The summed E-state index contributed by atoms with van der Waals surface area (Å²) in [7, 11) is -3.76. The number of aliphatic hydroxyl groups excluding tert-OH is 2. The molecule has 0 saturated carbocycles. The molecule has 14 heteroatoms. The van der Waals surface area contributed by atoms with Crippen LogP contribution in [0, 0.1) is 0 Å². The minimum Gasteiger partial charge on any atom is -0.388 e. The molecule has 0 radical (unpaired) electrons. The Morgan fingerprint density at radius 3 is 2.18 bits per heavy atom. The van der Waals surface area contributed by atoms with Crippen molar-refractivity contribution < 1.29 is 28.2 Å². The molecule has 1 amide bonds. The fourth-order valence-electron chi connectivity index (χ4n) is 5.95. The average Bonchev–Trinajstić information content (AvgIpc) is 3.65. The van der Waals surface area contributed by atoms with Crippen LogP contribution in [0.25, 0.3) is 11.2 Å². The van der Waals surface area contributed by atoms with Gasteiger partial charge in [0.1, 0.15) is 18.0 Å².